The lowest BCUT2D eigenvalue weighted by atomic mass is 10.1. The molecule has 1 aromatic carbocycles. The topological polar surface area (TPSA) is 57.8 Å². The van der Waals surface area contributed by atoms with Gasteiger partial charge in [-0.2, -0.15) is 5.26 Å². The highest BCUT2D eigenvalue weighted by molar-refractivity contribution is 5.93. The summed E-state index contributed by atoms with van der Waals surface area (Å²) in [5.74, 6) is 0.765. The Kier molecular flexibility index (Phi) is 4.94. The van der Waals surface area contributed by atoms with Crippen molar-refractivity contribution in [1.82, 2.24) is 4.57 Å². The molecule has 1 amide bonds. The van der Waals surface area contributed by atoms with Crippen molar-refractivity contribution in [3.8, 4) is 6.07 Å². The molecule has 1 saturated carbocycles. The lowest BCUT2D eigenvalue weighted by Crippen LogP contribution is -2.24. The van der Waals surface area contributed by atoms with Crippen LogP contribution in [0.5, 0.6) is 0 Å². The van der Waals surface area contributed by atoms with Crippen molar-refractivity contribution in [2.45, 2.75) is 52.5 Å². The number of nitrogens with one attached hydrogen (secondary N) is 1. The highest BCUT2D eigenvalue weighted by atomic mass is 16.2. The van der Waals surface area contributed by atoms with Crippen LogP contribution in [0.3, 0.4) is 0 Å². The number of aromatic nitrogens is 1. The van der Waals surface area contributed by atoms with E-state index >= 15 is 0 Å². The summed E-state index contributed by atoms with van der Waals surface area (Å²) in [6, 6.07) is 12.5. The highest BCUT2D eigenvalue weighted by Gasteiger charge is 2.27. The quantitative estimate of drug-likeness (QED) is 0.879. The zero-order valence-electron chi connectivity index (χ0n) is 15.2. The standard InChI is InChI=1S/C21H25N3O/c1-14-15(2)24(16(3)17-9-5-4-6-10-17)20(19(14)13-22)23-21(25)18-11-7-8-12-18/h4-6,9-10,16,18H,7-8,11-12H2,1-3H3,(H,23,25). The fraction of sp³-hybridized carbons (Fsp3) is 0.429. The maximum Gasteiger partial charge on any atom is 0.228 e. The van der Waals surface area contributed by atoms with Crippen molar-refractivity contribution in [2.75, 3.05) is 5.32 Å². The van der Waals surface area contributed by atoms with Crippen LogP contribution in [-0.2, 0) is 4.79 Å². The van der Waals surface area contributed by atoms with Crippen molar-refractivity contribution >= 4 is 11.7 Å². The second-order valence-electron chi connectivity index (χ2n) is 6.97. The summed E-state index contributed by atoms with van der Waals surface area (Å²) < 4.78 is 2.09. The van der Waals surface area contributed by atoms with Crippen LogP contribution in [0.15, 0.2) is 30.3 Å². The van der Waals surface area contributed by atoms with Gasteiger partial charge >= 0.3 is 0 Å². The summed E-state index contributed by atoms with van der Waals surface area (Å²) in [6.07, 6.45) is 4.12. The highest BCUT2D eigenvalue weighted by Crippen LogP contribution is 2.34. The van der Waals surface area contributed by atoms with E-state index in [4.69, 9.17) is 0 Å². The van der Waals surface area contributed by atoms with Gasteiger partial charge in [0.1, 0.15) is 11.9 Å². The molecule has 1 aliphatic carbocycles. The number of nitriles is 1. The molecule has 3 rings (SSSR count). The number of amides is 1. The zero-order chi connectivity index (χ0) is 18.0. The van der Waals surface area contributed by atoms with Gasteiger partial charge in [-0.3, -0.25) is 4.79 Å². The molecule has 25 heavy (non-hydrogen) atoms. The first kappa shape index (κ1) is 17.3. The van der Waals surface area contributed by atoms with Crippen LogP contribution in [0.4, 0.5) is 5.82 Å². The van der Waals surface area contributed by atoms with Crippen LogP contribution in [-0.4, -0.2) is 10.5 Å². The van der Waals surface area contributed by atoms with Gasteiger partial charge in [0.25, 0.3) is 0 Å². The summed E-state index contributed by atoms with van der Waals surface area (Å²) in [5.41, 5.74) is 3.69. The largest absolute Gasteiger partial charge is 0.323 e. The number of anilines is 1. The van der Waals surface area contributed by atoms with E-state index in [1.807, 2.05) is 32.0 Å². The van der Waals surface area contributed by atoms with Gasteiger partial charge in [0.05, 0.1) is 11.6 Å². The van der Waals surface area contributed by atoms with Gasteiger partial charge in [-0.25, -0.2) is 0 Å². The van der Waals surface area contributed by atoms with Crippen LogP contribution >= 0.6 is 0 Å². The number of hydrogen-bond donors (Lipinski definition) is 1. The SMILES string of the molecule is Cc1c(C#N)c(NC(=O)C2CCCC2)n(C(C)c2ccccc2)c1C. The molecule has 4 heteroatoms. The lowest BCUT2D eigenvalue weighted by molar-refractivity contribution is -0.119. The zero-order valence-corrected chi connectivity index (χ0v) is 15.2. The third kappa shape index (κ3) is 3.19. The van der Waals surface area contributed by atoms with Crippen molar-refractivity contribution in [3.63, 3.8) is 0 Å². The molecule has 0 radical (unpaired) electrons. The number of hydrogen-bond acceptors (Lipinski definition) is 2. The molecular weight excluding hydrogens is 310 g/mol. The van der Waals surface area contributed by atoms with E-state index in [0.29, 0.717) is 11.4 Å². The maximum absolute atomic E-state index is 12.7. The number of carbonyl (C=O) groups excluding carboxylic acids is 1. The van der Waals surface area contributed by atoms with Crippen molar-refractivity contribution < 1.29 is 4.79 Å². The Hall–Kier alpha value is -2.54. The van der Waals surface area contributed by atoms with Crippen LogP contribution in [0.25, 0.3) is 0 Å². The number of carbonyl (C=O) groups is 1. The molecule has 1 N–H and O–H groups in total. The Morgan fingerprint density at radius 3 is 2.48 bits per heavy atom. The summed E-state index contributed by atoms with van der Waals surface area (Å²) in [4.78, 5) is 12.7. The molecule has 4 nitrogen and oxygen atoms in total. The minimum absolute atomic E-state index is 0.0425. The Balaban J connectivity index is 2.02. The van der Waals surface area contributed by atoms with E-state index in [1.54, 1.807) is 0 Å². The normalized spacial score (nSPS) is 15.8. The molecule has 0 bridgehead atoms. The average Bonchev–Trinajstić information content (AvgIpc) is 3.24. The van der Waals surface area contributed by atoms with Crippen molar-refractivity contribution in [2.24, 2.45) is 5.92 Å². The van der Waals surface area contributed by atoms with Crippen LogP contribution in [0, 0.1) is 31.1 Å². The van der Waals surface area contributed by atoms with Crippen molar-refractivity contribution in [1.29, 1.82) is 5.26 Å². The molecule has 1 atom stereocenters. The van der Waals surface area contributed by atoms with Crippen molar-refractivity contribution in [3.05, 3.63) is 52.7 Å². The van der Waals surface area contributed by atoms with Gasteiger partial charge < -0.3 is 9.88 Å². The number of rotatable bonds is 4. The van der Waals surface area contributed by atoms with Gasteiger partial charge in [-0.1, -0.05) is 43.2 Å². The van der Waals surface area contributed by atoms with Crippen LogP contribution < -0.4 is 5.32 Å². The van der Waals surface area contributed by atoms with Gasteiger partial charge in [0, 0.05) is 11.6 Å². The Bertz CT molecular complexity index is 808. The fourth-order valence-corrected chi connectivity index (χ4v) is 3.86. The van der Waals surface area contributed by atoms with Gasteiger partial charge in [-0.05, 0) is 44.7 Å². The molecule has 0 aliphatic heterocycles. The number of nitrogens with zero attached hydrogens (tertiary/aromatic N) is 2. The first-order chi connectivity index (χ1) is 12.0. The Morgan fingerprint density at radius 2 is 1.88 bits per heavy atom. The molecule has 2 aromatic rings. The van der Waals surface area contributed by atoms with Gasteiger partial charge in [0.15, 0.2) is 0 Å². The van der Waals surface area contributed by atoms with Gasteiger partial charge in [0.2, 0.25) is 5.91 Å². The number of benzene rings is 1. The molecule has 1 aliphatic rings. The first-order valence-electron chi connectivity index (χ1n) is 9.02. The molecule has 1 heterocycles. The third-order valence-corrected chi connectivity index (χ3v) is 5.51. The Labute approximate surface area is 149 Å². The van der Waals surface area contributed by atoms with Gasteiger partial charge in [-0.15, -0.1) is 0 Å². The van der Waals surface area contributed by atoms with E-state index in [-0.39, 0.29) is 17.9 Å². The average molecular weight is 335 g/mol. The van der Waals surface area contributed by atoms with E-state index in [9.17, 15) is 10.1 Å². The molecule has 0 saturated heterocycles. The third-order valence-electron chi connectivity index (χ3n) is 5.51. The molecule has 1 unspecified atom stereocenters. The lowest BCUT2D eigenvalue weighted by Gasteiger charge is -2.21. The molecule has 1 aromatic heterocycles. The minimum Gasteiger partial charge on any atom is -0.323 e. The second-order valence-corrected chi connectivity index (χ2v) is 6.97. The summed E-state index contributed by atoms with van der Waals surface area (Å²) in [7, 11) is 0. The molecule has 130 valence electrons. The Morgan fingerprint density at radius 1 is 1.24 bits per heavy atom. The van der Waals surface area contributed by atoms with Crippen LogP contribution in [0.1, 0.15) is 61.0 Å². The summed E-state index contributed by atoms with van der Waals surface area (Å²) in [6.45, 7) is 6.07. The summed E-state index contributed by atoms with van der Waals surface area (Å²) in [5, 5.41) is 12.7. The predicted molar refractivity (Wildman–Crippen MR) is 99.5 cm³/mol. The first-order valence-corrected chi connectivity index (χ1v) is 9.02. The van der Waals surface area contributed by atoms with E-state index in [2.05, 4.69) is 35.0 Å². The van der Waals surface area contributed by atoms with E-state index in [0.717, 1.165) is 42.5 Å². The monoisotopic (exact) mass is 335 g/mol. The predicted octanol–water partition coefficient (Wildman–Crippen LogP) is 4.71. The summed E-state index contributed by atoms with van der Waals surface area (Å²) >= 11 is 0. The smallest absolute Gasteiger partial charge is 0.228 e. The van der Waals surface area contributed by atoms with E-state index < -0.39 is 0 Å². The fourth-order valence-electron chi connectivity index (χ4n) is 3.86. The van der Waals surface area contributed by atoms with E-state index in [1.165, 1.54) is 0 Å². The van der Waals surface area contributed by atoms with Crippen LogP contribution in [0.2, 0.25) is 0 Å². The maximum atomic E-state index is 12.7. The molecule has 0 spiro atoms. The molecule has 1 fully saturated rings. The molecular formula is C21H25N3O. The second kappa shape index (κ2) is 7.14. The minimum atomic E-state index is 0.0425.